The lowest BCUT2D eigenvalue weighted by molar-refractivity contribution is -0.109. The Morgan fingerprint density at radius 2 is 2.00 bits per heavy atom. The van der Waals surface area contributed by atoms with Crippen LogP contribution in [0.3, 0.4) is 0 Å². The van der Waals surface area contributed by atoms with Gasteiger partial charge in [-0.25, -0.2) is 0 Å². The second kappa shape index (κ2) is 7.06. The van der Waals surface area contributed by atoms with E-state index in [1.54, 1.807) is 6.07 Å². The second-order valence-corrected chi connectivity index (χ2v) is 5.60. The average Bonchev–Trinajstić information content (AvgIpc) is 2.34. The van der Waals surface area contributed by atoms with Crippen LogP contribution in [0.15, 0.2) is 29.2 Å². The van der Waals surface area contributed by atoms with Crippen LogP contribution in [-0.4, -0.2) is 33.4 Å². The van der Waals surface area contributed by atoms with E-state index >= 15 is 0 Å². The number of benzene rings is 1. The Hall–Kier alpha value is -0.490. The molecule has 0 aliphatic carbocycles. The van der Waals surface area contributed by atoms with E-state index in [9.17, 15) is 15.0 Å². The van der Waals surface area contributed by atoms with Gasteiger partial charge < -0.3 is 10.2 Å². The summed E-state index contributed by atoms with van der Waals surface area (Å²) in [4.78, 5) is 11.7. The maximum absolute atomic E-state index is 10.8. The first-order chi connectivity index (χ1) is 8.06. The first-order valence-electron chi connectivity index (χ1n) is 5.18. The molecule has 1 aromatic carbocycles. The Balaban J connectivity index is 2.73. The fraction of sp³-hybridized carbons (Fsp3) is 0.417. The van der Waals surface area contributed by atoms with Gasteiger partial charge in [0.1, 0.15) is 6.10 Å². The Morgan fingerprint density at radius 1 is 1.35 bits per heavy atom. The summed E-state index contributed by atoms with van der Waals surface area (Å²) in [7, 11) is 0. The summed E-state index contributed by atoms with van der Waals surface area (Å²) in [5.74, 6) is 0.208. The molecule has 0 bridgehead atoms. The molecule has 17 heavy (non-hydrogen) atoms. The lowest BCUT2D eigenvalue weighted by Gasteiger charge is -2.19. The highest BCUT2D eigenvalue weighted by atomic mass is 32.2. The molecule has 0 amide bonds. The van der Waals surface area contributed by atoms with Crippen molar-refractivity contribution < 1.29 is 15.0 Å². The maximum Gasteiger partial charge on any atom is 0.185 e. The molecule has 0 saturated carbocycles. The molecule has 0 saturated heterocycles. The molecule has 2 unspecified atom stereocenters. The molecule has 0 aromatic heterocycles. The summed E-state index contributed by atoms with van der Waals surface area (Å²) >= 11 is 2.54. The van der Waals surface area contributed by atoms with Crippen LogP contribution in [0, 0.1) is 0 Å². The van der Waals surface area contributed by atoms with Crippen molar-refractivity contribution in [3.8, 4) is 0 Å². The molecule has 5 heteroatoms. The van der Waals surface area contributed by atoms with Gasteiger partial charge in [0.2, 0.25) is 0 Å². The molecule has 0 heterocycles. The van der Waals surface area contributed by atoms with Crippen LogP contribution in [-0.2, 0) is 4.79 Å². The summed E-state index contributed by atoms with van der Waals surface area (Å²) in [6.07, 6.45) is 0.0325. The van der Waals surface area contributed by atoms with Gasteiger partial charge >= 0.3 is 0 Å². The zero-order valence-electron chi connectivity index (χ0n) is 9.79. The third-order valence-electron chi connectivity index (χ3n) is 2.28. The zero-order valence-corrected chi connectivity index (χ0v) is 11.4. The first-order valence-corrected chi connectivity index (χ1v) is 7.39. The Bertz CT molecular complexity index is 382. The van der Waals surface area contributed by atoms with Crippen LogP contribution in [0.4, 0.5) is 0 Å². The Labute approximate surface area is 110 Å². The molecule has 0 aliphatic heterocycles. The van der Waals surface area contributed by atoms with Crippen molar-refractivity contribution in [2.75, 3.05) is 12.0 Å². The molecular weight excluding hydrogens is 256 g/mol. The molecule has 1 aromatic rings. The van der Waals surface area contributed by atoms with Gasteiger partial charge in [0, 0.05) is 17.6 Å². The fourth-order valence-corrected chi connectivity index (χ4v) is 2.64. The molecule has 1 rings (SSSR count). The minimum atomic E-state index is -0.953. The molecule has 0 fully saturated rings. The van der Waals surface area contributed by atoms with Gasteiger partial charge in [0.15, 0.2) is 5.12 Å². The van der Waals surface area contributed by atoms with Gasteiger partial charge in [-0.1, -0.05) is 30.0 Å². The van der Waals surface area contributed by atoms with E-state index in [0.717, 1.165) is 16.7 Å². The van der Waals surface area contributed by atoms with Crippen molar-refractivity contribution in [2.24, 2.45) is 0 Å². The van der Waals surface area contributed by atoms with E-state index in [0.29, 0.717) is 5.56 Å². The summed E-state index contributed by atoms with van der Waals surface area (Å²) in [6, 6.07) is 7.40. The van der Waals surface area contributed by atoms with Gasteiger partial charge in [-0.05, 0) is 17.9 Å². The molecule has 0 radical (unpaired) electrons. The lowest BCUT2D eigenvalue weighted by Crippen LogP contribution is -2.21. The average molecular weight is 272 g/mol. The van der Waals surface area contributed by atoms with Gasteiger partial charge in [-0.3, -0.25) is 4.79 Å². The van der Waals surface area contributed by atoms with Crippen molar-refractivity contribution in [3.63, 3.8) is 0 Å². The monoisotopic (exact) mass is 272 g/mol. The smallest absolute Gasteiger partial charge is 0.185 e. The van der Waals surface area contributed by atoms with E-state index in [2.05, 4.69) is 0 Å². The number of hydrogen-bond donors (Lipinski definition) is 2. The topological polar surface area (TPSA) is 57.5 Å². The highest BCUT2D eigenvalue weighted by molar-refractivity contribution is 8.13. The van der Waals surface area contributed by atoms with E-state index < -0.39 is 12.2 Å². The molecule has 0 aliphatic rings. The predicted octanol–water partition coefficient (Wildman–Crippen LogP) is 2.08. The summed E-state index contributed by atoms with van der Waals surface area (Å²) in [6.45, 7) is 1.44. The normalized spacial score (nSPS) is 14.4. The lowest BCUT2D eigenvalue weighted by atomic mass is 10.1. The number of aliphatic hydroxyl groups excluding tert-OH is 2. The third-order valence-corrected chi connectivity index (χ3v) is 4.01. The Kier molecular flexibility index (Phi) is 6.05. The number of carbonyl (C=O) groups excluding carboxylic acids is 1. The largest absolute Gasteiger partial charge is 0.389 e. The van der Waals surface area contributed by atoms with E-state index in [1.807, 2.05) is 24.5 Å². The van der Waals surface area contributed by atoms with Crippen molar-refractivity contribution >= 4 is 28.6 Å². The number of rotatable bonds is 5. The molecule has 0 spiro atoms. The third kappa shape index (κ3) is 4.35. The highest BCUT2D eigenvalue weighted by Gasteiger charge is 2.21. The van der Waals surface area contributed by atoms with Crippen LogP contribution < -0.4 is 0 Å². The van der Waals surface area contributed by atoms with Crippen LogP contribution >= 0.6 is 23.5 Å². The van der Waals surface area contributed by atoms with Crippen LogP contribution in [0.1, 0.15) is 18.6 Å². The van der Waals surface area contributed by atoms with E-state index in [1.165, 1.54) is 18.7 Å². The van der Waals surface area contributed by atoms with Gasteiger partial charge in [0.05, 0.1) is 6.10 Å². The summed E-state index contributed by atoms with van der Waals surface area (Å²) in [5.41, 5.74) is 0.705. The van der Waals surface area contributed by atoms with E-state index in [-0.39, 0.29) is 10.9 Å². The van der Waals surface area contributed by atoms with Crippen LogP contribution in [0.5, 0.6) is 0 Å². The highest BCUT2D eigenvalue weighted by Crippen LogP contribution is 2.28. The van der Waals surface area contributed by atoms with Crippen molar-refractivity contribution in [1.29, 1.82) is 0 Å². The van der Waals surface area contributed by atoms with Crippen molar-refractivity contribution in [3.05, 3.63) is 29.8 Å². The molecule has 3 nitrogen and oxygen atoms in total. The van der Waals surface area contributed by atoms with Crippen LogP contribution in [0.2, 0.25) is 0 Å². The SMILES string of the molecule is CSc1ccccc1C(O)C(O)CSC(C)=O. The number of aliphatic hydroxyl groups is 2. The number of hydrogen-bond acceptors (Lipinski definition) is 5. The molecule has 2 N–H and O–H groups in total. The second-order valence-electron chi connectivity index (χ2n) is 3.56. The quantitative estimate of drug-likeness (QED) is 0.804. The minimum absolute atomic E-state index is 0.0607. The van der Waals surface area contributed by atoms with Gasteiger partial charge in [-0.15, -0.1) is 11.8 Å². The summed E-state index contributed by atoms with van der Waals surface area (Å²) in [5, 5.41) is 19.8. The fourth-order valence-electron chi connectivity index (χ4n) is 1.41. The number of carbonyl (C=O) groups is 1. The minimum Gasteiger partial charge on any atom is -0.389 e. The van der Waals surface area contributed by atoms with Gasteiger partial charge in [0.25, 0.3) is 0 Å². The maximum atomic E-state index is 10.8. The summed E-state index contributed by atoms with van der Waals surface area (Å²) < 4.78 is 0. The van der Waals surface area contributed by atoms with Crippen LogP contribution in [0.25, 0.3) is 0 Å². The van der Waals surface area contributed by atoms with Gasteiger partial charge in [-0.2, -0.15) is 0 Å². The first kappa shape index (κ1) is 14.6. The van der Waals surface area contributed by atoms with E-state index in [4.69, 9.17) is 0 Å². The van der Waals surface area contributed by atoms with Crippen molar-refractivity contribution in [2.45, 2.75) is 24.0 Å². The molecular formula is C12H16O3S2. The standard InChI is InChI=1S/C12H16O3S2/c1-8(13)17-7-10(14)12(15)9-5-3-4-6-11(9)16-2/h3-6,10,12,14-15H,7H2,1-2H3. The molecule has 94 valence electrons. The number of thioether (sulfide) groups is 2. The predicted molar refractivity (Wildman–Crippen MR) is 72.3 cm³/mol. The Morgan fingerprint density at radius 3 is 2.59 bits per heavy atom. The molecule has 2 atom stereocenters. The van der Waals surface area contributed by atoms with Crippen molar-refractivity contribution in [1.82, 2.24) is 0 Å². The zero-order chi connectivity index (χ0) is 12.8.